The van der Waals surface area contributed by atoms with Crippen molar-refractivity contribution in [2.45, 2.75) is 59.6 Å². The Bertz CT molecular complexity index is 434. The van der Waals surface area contributed by atoms with Gasteiger partial charge in [-0.15, -0.1) is 0 Å². The molecule has 20 heavy (non-hydrogen) atoms. The molecule has 0 atom stereocenters. The van der Waals surface area contributed by atoms with Crippen molar-refractivity contribution in [1.29, 1.82) is 0 Å². The van der Waals surface area contributed by atoms with E-state index in [2.05, 4.69) is 57.3 Å². The Labute approximate surface area is 123 Å². The highest BCUT2D eigenvalue weighted by molar-refractivity contribution is 5.51. The molecule has 0 unspecified atom stereocenters. The normalized spacial score (nSPS) is 21.6. The predicted molar refractivity (Wildman–Crippen MR) is 86.0 cm³/mol. The first kappa shape index (κ1) is 15.4. The lowest BCUT2D eigenvalue weighted by atomic mass is 9.63. The highest BCUT2D eigenvalue weighted by Crippen LogP contribution is 2.46. The number of methoxy groups -OCH3 is 1. The first-order chi connectivity index (χ1) is 9.31. The van der Waals surface area contributed by atoms with E-state index in [1.807, 2.05) is 0 Å². The summed E-state index contributed by atoms with van der Waals surface area (Å²) in [5, 5.41) is 3.77. The molecule has 1 fully saturated rings. The minimum Gasteiger partial charge on any atom is -0.382 e. The summed E-state index contributed by atoms with van der Waals surface area (Å²) in [6.07, 6.45) is 3.77. The van der Waals surface area contributed by atoms with Crippen molar-refractivity contribution in [2.75, 3.05) is 12.4 Å². The summed E-state index contributed by atoms with van der Waals surface area (Å²) in [6, 6.07) is 9.04. The Morgan fingerprint density at radius 3 is 2.30 bits per heavy atom. The van der Waals surface area contributed by atoms with Crippen LogP contribution in [-0.4, -0.2) is 13.2 Å². The Morgan fingerprint density at radius 2 is 1.70 bits per heavy atom. The van der Waals surface area contributed by atoms with Crippen LogP contribution in [0.4, 0.5) is 5.69 Å². The van der Waals surface area contributed by atoms with Crippen LogP contribution >= 0.6 is 0 Å². The van der Waals surface area contributed by atoms with Crippen molar-refractivity contribution in [1.82, 2.24) is 0 Å². The average Bonchev–Trinajstić information content (AvgIpc) is 2.27. The topological polar surface area (TPSA) is 21.3 Å². The van der Waals surface area contributed by atoms with Gasteiger partial charge in [-0.2, -0.15) is 0 Å². The number of para-hydroxylation sites is 1. The maximum Gasteiger partial charge on any atom is 0.0733 e. The van der Waals surface area contributed by atoms with Crippen molar-refractivity contribution in [3.05, 3.63) is 29.8 Å². The van der Waals surface area contributed by atoms with Crippen molar-refractivity contribution < 1.29 is 4.74 Å². The summed E-state index contributed by atoms with van der Waals surface area (Å²) in [6.45, 7) is 10.2. The van der Waals surface area contributed by atoms with Crippen LogP contribution in [-0.2, 0) is 11.3 Å². The molecule has 2 nitrogen and oxygen atoms in total. The van der Waals surface area contributed by atoms with Gasteiger partial charge in [0.1, 0.15) is 0 Å². The van der Waals surface area contributed by atoms with Gasteiger partial charge in [0.25, 0.3) is 0 Å². The second kappa shape index (κ2) is 5.77. The molecule has 1 N–H and O–H groups in total. The standard InChI is InChI=1S/C18H29NO/c1-17(2)10-15(11-18(3,4)13-17)19-16-9-7-6-8-14(16)12-20-5/h6-9,15,19H,10-13H2,1-5H3. The zero-order chi connectivity index (χ0) is 14.8. The van der Waals surface area contributed by atoms with Gasteiger partial charge < -0.3 is 10.1 Å². The number of benzene rings is 1. The van der Waals surface area contributed by atoms with Gasteiger partial charge in [-0.05, 0) is 36.2 Å². The van der Waals surface area contributed by atoms with E-state index in [4.69, 9.17) is 4.74 Å². The molecule has 1 aliphatic carbocycles. The maximum atomic E-state index is 5.30. The van der Waals surface area contributed by atoms with Gasteiger partial charge in [0.05, 0.1) is 6.61 Å². The van der Waals surface area contributed by atoms with E-state index in [9.17, 15) is 0 Å². The van der Waals surface area contributed by atoms with Gasteiger partial charge in [0, 0.05) is 24.4 Å². The molecule has 0 aliphatic heterocycles. The van der Waals surface area contributed by atoms with Gasteiger partial charge in [-0.25, -0.2) is 0 Å². The van der Waals surface area contributed by atoms with Gasteiger partial charge in [0.2, 0.25) is 0 Å². The van der Waals surface area contributed by atoms with Crippen molar-refractivity contribution >= 4 is 5.69 Å². The summed E-state index contributed by atoms with van der Waals surface area (Å²) in [4.78, 5) is 0. The highest BCUT2D eigenvalue weighted by atomic mass is 16.5. The number of rotatable bonds is 4. The van der Waals surface area contributed by atoms with E-state index >= 15 is 0 Å². The molecular weight excluding hydrogens is 246 g/mol. The molecule has 0 amide bonds. The smallest absolute Gasteiger partial charge is 0.0733 e. The zero-order valence-electron chi connectivity index (χ0n) is 13.6. The molecule has 1 aromatic carbocycles. The molecule has 0 aromatic heterocycles. The van der Waals surface area contributed by atoms with Gasteiger partial charge in [-0.3, -0.25) is 0 Å². The van der Waals surface area contributed by atoms with E-state index in [-0.39, 0.29) is 0 Å². The summed E-state index contributed by atoms with van der Waals surface area (Å²) >= 11 is 0. The fourth-order valence-electron chi connectivity index (χ4n) is 4.11. The van der Waals surface area contributed by atoms with Crippen molar-refractivity contribution in [3.8, 4) is 0 Å². The van der Waals surface area contributed by atoms with Crippen LogP contribution in [0.25, 0.3) is 0 Å². The summed E-state index contributed by atoms with van der Waals surface area (Å²) < 4.78 is 5.30. The predicted octanol–water partition coefficient (Wildman–Crippen LogP) is 4.85. The van der Waals surface area contributed by atoms with Crippen LogP contribution in [0.3, 0.4) is 0 Å². The van der Waals surface area contributed by atoms with E-state index in [0.29, 0.717) is 23.5 Å². The van der Waals surface area contributed by atoms with Crippen LogP contribution in [0.1, 0.15) is 52.5 Å². The number of ether oxygens (including phenoxy) is 1. The fourth-order valence-corrected chi connectivity index (χ4v) is 4.11. The van der Waals surface area contributed by atoms with Crippen LogP contribution in [0.2, 0.25) is 0 Å². The minimum atomic E-state index is 0.412. The Kier molecular flexibility index (Phi) is 4.43. The second-order valence-electron chi connectivity index (χ2n) is 7.84. The summed E-state index contributed by atoms with van der Waals surface area (Å²) in [5.74, 6) is 0. The first-order valence-corrected chi connectivity index (χ1v) is 7.65. The molecule has 0 spiro atoms. The van der Waals surface area contributed by atoms with Gasteiger partial charge in [-0.1, -0.05) is 45.9 Å². The maximum absolute atomic E-state index is 5.30. The number of anilines is 1. The Balaban J connectivity index is 2.13. The molecule has 2 heteroatoms. The number of nitrogens with one attached hydrogen (secondary N) is 1. The fraction of sp³-hybridized carbons (Fsp3) is 0.667. The van der Waals surface area contributed by atoms with Gasteiger partial charge >= 0.3 is 0 Å². The third-order valence-electron chi connectivity index (χ3n) is 4.23. The zero-order valence-corrected chi connectivity index (χ0v) is 13.6. The molecule has 0 bridgehead atoms. The van der Waals surface area contributed by atoms with Crippen LogP contribution in [0.5, 0.6) is 0 Å². The molecular formula is C18H29NO. The lowest BCUT2D eigenvalue weighted by Gasteiger charge is -2.45. The number of hydrogen-bond donors (Lipinski definition) is 1. The van der Waals surface area contributed by atoms with E-state index < -0.39 is 0 Å². The lowest BCUT2D eigenvalue weighted by molar-refractivity contribution is 0.105. The largest absolute Gasteiger partial charge is 0.382 e. The van der Waals surface area contributed by atoms with E-state index in [1.165, 1.54) is 30.5 Å². The van der Waals surface area contributed by atoms with E-state index in [1.54, 1.807) is 7.11 Å². The average molecular weight is 275 g/mol. The second-order valence-corrected chi connectivity index (χ2v) is 7.84. The Hall–Kier alpha value is -1.02. The molecule has 1 aliphatic rings. The van der Waals surface area contributed by atoms with Crippen LogP contribution in [0.15, 0.2) is 24.3 Å². The summed E-state index contributed by atoms with van der Waals surface area (Å²) in [5.41, 5.74) is 3.30. The highest BCUT2D eigenvalue weighted by Gasteiger charge is 2.38. The molecule has 1 saturated carbocycles. The number of hydrogen-bond acceptors (Lipinski definition) is 2. The van der Waals surface area contributed by atoms with Crippen molar-refractivity contribution in [2.24, 2.45) is 10.8 Å². The molecule has 112 valence electrons. The molecule has 0 heterocycles. The third-order valence-corrected chi connectivity index (χ3v) is 4.23. The molecule has 2 rings (SSSR count). The third kappa shape index (κ3) is 3.99. The molecule has 0 saturated heterocycles. The SMILES string of the molecule is COCc1ccccc1NC1CC(C)(C)CC(C)(C)C1. The molecule has 0 radical (unpaired) electrons. The molecule has 1 aromatic rings. The Morgan fingerprint density at radius 1 is 1.10 bits per heavy atom. The lowest BCUT2D eigenvalue weighted by Crippen LogP contribution is -2.40. The van der Waals surface area contributed by atoms with Crippen LogP contribution in [0, 0.1) is 10.8 Å². The van der Waals surface area contributed by atoms with Crippen LogP contribution < -0.4 is 5.32 Å². The first-order valence-electron chi connectivity index (χ1n) is 7.65. The minimum absolute atomic E-state index is 0.412. The quantitative estimate of drug-likeness (QED) is 0.848. The monoisotopic (exact) mass is 275 g/mol. The van der Waals surface area contributed by atoms with Crippen molar-refractivity contribution in [3.63, 3.8) is 0 Å². The van der Waals surface area contributed by atoms with E-state index in [0.717, 1.165) is 0 Å². The van der Waals surface area contributed by atoms with Gasteiger partial charge in [0.15, 0.2) is 0 Å². The summed E-state index contributed by atoms with van der Waals surface area (Å²) in [7, 11) is 1.75.